The molecule has 136 valence electrons. The van der Waals surface area contributed by atoms with Gasteiger partial charge in [0.05, 0.1) is 23.6 Å². The summed E-state index contributed by atoms with van der Waals surface area (Å²) in [5.41, 5.74) is 2.49. The van der Waals surface area contributed by atoms with E-state index in [4.69, 9.17) is 0 Å². The molecule has 1 aliphatic rings. The van der Waals surface area contributed by atoms with E-state index in [-0.39, 0.29) is 17.4 Å². The summed E-state index contributed by atoms with van der Waals surface area (Å²) in [5, 5.41) is 12.1. The number of fused-ring (bicyclic) bond motifs is 3. The van der Waals surface area contributed by atoms with Gasteiger partial charge in [-0.05, 0) is 24.1 Å². The summed E-state index contributed by atoms with van der Waals surface area (Å²) in [6.45, 7) is 4.11. The minimum absolute atomic E-state index is 0.0368. The molecule has 2 N–H and O–H groups in total. The van der Waals surface area contributed by atoms with Crippen LogP contribution in [0.5, 0.6) is 0 Å². The van der Waals surface area contributed by atoms with Crippen LogP contribution in [0.25, 0.3) is 10.9 Å². The average molecular weight is 370 g/mol. The smallest absolute Gasteiger partial charge is 0.243 e. The Kier molecular flexibility index (Phi) is 4.14. The van der Waals surface area contributed by atoms with Crippen LogP contribution in [0.3, 0.4) is 0 Å². The SMILES string of the molecule is CC(C)[C@H]1[C@@H](O)c2c([nH]c3ccccc23)CN1S(=O)(=O)c1ccccc1. The molecule has 0 aliphatic carbocycles. The number of aromatic amines is 1. The molecule has 0 amide bonds. The van der Waals surface area contributed by atoms with Gasteiger partial charge in [-0.25, -0.2) is 8.42 Å². The Bertz CT molecular complexity index is 1040. The van der Waals surface area contributed by atoms with Crippen molar-refractivity contribution >= 4 is 20.9 Å². The van der Waals surface area contributed by atoms with Gasteiger partial charge < -0.3 is 10.1 Å². The van der Waals surface area contributed by atoms with Crippen LogP contribution in [0, 0.1) is 5.92 Å². The third-order valence-electron chi connectivity index (χ3n) is 5.13. The topological polar surface area (TPSA) is 73.4 Å². The summed E-state index contributed by atoms with van der Waals surface area (Å²) in [6, 6.07) is 15.7. The second-order valence-corrected chi connectivity index (χ2v) is 9.00. The van der Waals surface area contributed by atoms with Crippen molar-refractivity contribution < 1.29 is 13.5 Å². The Morgan fingerprint density at radius 1 is 1.08 bits per heavy atom. The predicted octanol–water partition coefficient (Wildman–Crippen LogP) is 3.43. The molecule has 3 aromatic rings. The first-order chi connectivity index (χ1) is 12.4. The van der Waals surface area contributed by atoms with Crippen molar-refractivity contribution in [1.82, 2.24) is 9.29 Å². The Balaban J connectivity index is 1.88. The maximum Gasteiger partial charge on any atom is 0.243 e. The molecule has 4 rings (SSSR count). The number of aromatic nitrogens is 1. The highest BCUT2D eigenvalue weighted by Crippen LogP contribution is 2.41. The molecule has 0 spiro atoms. The number of para-hydroxylation sites is 1. The molecule has 0 radical (unpaired) electrons. The number of sulfonamides is 1. The molecule has 0 saturated heterocycles. The van der Waals surface area contributed by atoms with Gasteiger partial charge in [0.1, 0.15) is 0 Å². The maximum atomic E-state index is 13.3. The summed E-state index contributed by atoms with van der Waals surface area (Å²) < 4.78 is 28.0. The van der Waals surface area contributed by atoms with E-state index in [1.807, 2.05) is 38.1 Å². The van der Waals surface area contributed by atoms with Gasteiger partial charge in [0.2, 0.25) is 10.0 Å². The van der Waals surface area contributed by atoms with Crippen molar-refractivity contribution in [3.05, 3.63) is 65.9 Å². The van der Waals surface area contributed by atoms with Gasteiger partial charge in [-0.1, -0.05) is 50.2 Å². The number of H-pyrrole nitrogens is 1. The highest BCUT2D eigenvalue weighted by Gasteiger charge is 2.43. The number of nitrogens with one attached hydrogen (secondary N) is 1. The predicted molar refractivity (Wildman–Crippen MR) is 101 cm³/mol. The summed E-state index contributed by atoms with van der Waals surface area (Å²) in [4.78, 5) is 3.54. The minimum atomic E-state index is -3.72. The molecular formula is C20H22N2O3S. The van der Waals surface area contributed by atoms with Gasteiger partial charge in [0.15, 0.2) is 0 Å². The lowest BCUT2D eigenvalue weighted by Gasteiger charge is -2.40. The van der Waals surface area contributed by atoms with Crippen LogP contribution in [0.15, 0.2) is 59.5 Å². The van der Waals surface area contributed by atoms with E-state index in [1.165, 1.54) is 4.31 Å². The standard InChI is InChI=1S/C20H22N2O3S/c1-13(2)19-20(23)18-15-10-6-7-11-16(15)21-17(18)12-22(19)26(24,25)14-8-4-3-5-9-14/h3-11,13,19-21,23H,12H2,1-2H3/t19-,20-/m0/s1. The number of aliphatic hydroxyl groups excluding tert-OH is 1. The van der Waals surface area contributed by atoms with E-state index < -0.39 is 22.2 Å². The monoisotopic (exact) mass is 370 g/mol. The van der Waals surface area contributed by atoms with Crippen molar-refractivity contribution in [2.24, 2.45) is 5.92 Å². The number of nitrogens with zero attached hydrogens (tertiary/aromatic N) is 1. The fourth-order valence-corrected chi connectivity index (χ4v) is 5.69. The molecule has 2 atom stereocenters. The zero-order chi connectivity index (χ0) is 18.5. The molecule has 0 fully saturated rings. The maximum absolute atomic E-state index is 13.3. The average Bonchev–Trinajstić information content (AvgIpc) is 3.00. The molecule has 2 heterocycles. The molecule has 1 aromatic heterocycles. The molecule has 0 saturated carbocycles. The zero-order valence-corrected chi connectivity index (χ0v) is 15.6. The second-order valence-electron chi connectivity index (χ2n) is 7.11. The van der Waals surface area contributed by atoms with Crippen molar-refractivity contribution in [2.45, 2.75) is 37.4 Å². The van der Waals surface area contributed by atoms with E-state index in [9.17, 15) is 13.5 Å². The lowest BCUT2D eigenvalue weighted by atomic mass is 9.89. The van der Waals surface area contributed by atoms with Crippen LogP contribution >= 0.6 is 0 Å². The third-order valence-corrected chi connectivity index (χ3v) is 6.98. The van der Waals surface area contributed by atoms with E-state index in [0.717, 1.165) is 22.2 Å². The lowest BCUT2D eigenvalue weighted by Crippen LogP contribution is -2.49. The minimum Gasteiger partial charge on any atom is -0.387 e. The van der Waals surface area contributed by atoms with Crippen molar-refractivity contribution in [3.63, 3.8) is 0 Å². The second kappa shape index (κ2) is 6.23. The number of hydrogen-bond donors (Lipinski definition) is 2. The molecule has 1 aliphatic heterocycles. The van der Waals surface area contributed by atoms with E-state index in [0.29, 0.717) is 0 Å². The highest BCUT2D eigenvalue weighted by molar-refractivity contribution is 7.89. The van der Waals surface area contributed by atoms with E-state index in [2.05, 4.69) is 4.98 Å². The molecule has 5 nitrogen and oxygen atoms in total. The van der Waals surface area contributed by atoms with Crippen molar-refractivity contribution in [3.8, 4) is 0 Å². The first-order valence-electron chi connectivity index (χ1n) is 8.75. The number of rotatable bonds is 3. The van der Waals surface area contributed by atoms with Crippen LogP contribution in [-0.4, -0.2) is 28.9 Å². The van der Waals surface area contributed by atoms with Crippen molar-refractivity contribution in [2.75, 3.05) is 0 Å². The Hall–Kier alpha value is -2.15. The van der Waals surface area contributed by atoms with Crippen LogP contribution in [-0.2, 0) is 16.6 Å². The number of hydrogen-bond acceptors (Lipinski definition) is 3. The Morgan fingerprint density at radius 2 is 1.73 bits per heavy atom. The van der Waals surface area contributed by atoms with E-state index >= 15 is 0 Å². The summed E-state index contributed by atoms with van der Waals surface area (Å²) >= 11 is 0. The van der Waals surface area contributed by atoms with Gasteiger partial charge in [-0.2, -0.15) is 4.31 Å². The van der Waals surface area contributed by atoms with E-state index in [1.54, 1.807) is 30.3 Å². The number of benzene rings is 2. The summed E-state index contributed by atoms with van der Waals surface area (Å²) in [5.74, 6) is -0.0368. The lowest BCUT2D eigenvalue weighted by molar-refractivity contribution is 0.0480. The quantitative estimate of drug-likeness (QED) is 0.742. The number of aliphatic hydroxyl groups is 1. The summed E-state index contributed by atoms with van der Waals surface area (Å²) in [7, 11) is -3.72. The Morgan fingerprint density at radius 3 is 2.42 bits per heavy atom. The first-order valence-corrected chi connectivity index (χ1v) is 10.2. The summed E-state index contributed by atoms with van der Waals surface area (Å²) in [6.07, 6.45) is -0.881. The van der Waals surface area contributed by atoms with Gasteiger partial charge in [0, 0.05) is 22.2 Å². The molecule has 6 heteroatoms. The van der Waals surface area contributed by atoms with Crippen LogP contribution < -0.4 is 0 Å². The zero-order valence-electron chi connectivity index (χ0n) is 14.8. The van der Waals surface area contributed by atoms with Gasteiger partial charge >= 0.3 is 0 Å². The fraction of sp³-hybridized carbons (Fsp3) is 0.300. The third kappa shape index (κ3) is 2.57. The molecular weight excluding hydrogens is 348 g/mol. The molecule has 26 heavy (non-hydrogen) atoms. The molecule has 2 aromatic carbocycles. The van der Waals surface area contributed by atoms with Gasteiger partial charge in [-0.15, -0.1) is 0 Å². The highest BCUT2D eigenvalue weighted by atomic mass is 32.2. The van der Waals surface area contributed by atoms with Crippen LogP contribution in [0.2, 0.25) is 0 Å². The van der Waals surface area contributed by atoms with Crippen LogP contribution in [0.4, 0.5) is 0 Å². The van der Waals surface area contributed by atoms with Gasteiger partial charge in [0.25, 0.3) is 0 Å². The van der Waals surface area contributed by atoms with Crippen LogP contribution in [0.1, 0.15) is 31.2 Å². The largest absolute Gasteiger partial charge is 0.387 e. The Labute approximate surface area is 153 Å². The van der Waals surface area contributed by atoms with Gasteiger partial charge in [-0.3, -0.25) is 0 Å². The van der Waals surface area contributed by atoms with Crippen molar-refractivity contribution in [1.29, 1.82) is 0 Å². The normalized spacial score (nSPS) is 21.2. The fourth-order valence-electron chi connectivity index (χ4n) is 3.94. The molecule has 0 unspecified atom stereocenters. The first kappa shape index (κ1) is 17.3. The molecule has 0 bridgehead atoms.